The molecule has 2 saturated heterocycles. The Morgan fingerprint density at radius 2 is 2.17 bits per heavy atom. The third-order valence-electron chi connectivity index (χ3n) is 4.93. The van der Waals surface area contributed by atoms with Gasteiger partial charge in [0.15, 0.2) is 0 Å². The summed E-state index contributed by atoms with van der Waals surface area (Å²) in [5.74, 6) is 0.316. The van der Waals surface area contributed by atoms with E-state index in [2.05, 4.69) is 14.8 Å². The molecule has 0 aromatic carbocycles. The first kappa shape index (κ1) is 16.9. The van der Waals surface area contributed by atoms with Gasteiger partial charge in [-0.05, 0) is 32.6 Å². The number of hydrogen-bond donors (Lipinski definition) is 0. The van der Waals surface area contributed by atoms with Crippen molar-refractivity contribution >= 4 is 17.2 Å². The zero-order valence-electron chi connectivity index (χ0n) is 14.0. The summed E-state index contributed by atoms with van der Waals surface area (Å²) in [5.41, 5.74) is 2.95. The van der Waals surface area contributed by atoms with E-state index in [1.165, 1.54) is 11.3 Å². The SMILES string of the molecule is Cc1ncsc1CCC(=O)N1CCCC[C@@H]1CN1CCOCC1. The summed E-state index contributed by atoms with van der Waals surface area (Å²) >= 11 is 1.66. The molecule has 0 N–H and O–H groups in total. The molecule has 1 aromatic heterocycles. The second-order valence-corrected chi connectivity index (χ2v) is 7.45. The van der Waals surface area contributed by atoms with Gasteiger partial charge in [0, 0.05) is 43.5 Å². The number of carbonyl (C=O) groups excluding carboxylic acids is 1. The van der Waals surface area contributed by atoms with Crippen molar-refractivity contribution in [2.45, 2.75) is 45.1 Å². The first-order valence-corrected chi connectivity index (χ1v) is 9.60. The van der Waals surface area contributed by atoms with E-state index in [0.29, 0.717) is 18.4 Å². The van der Waals surface area contributed by atoms with Gasteiger partial charge in [-0.15, -0.1) is 11.3 Å². The number of hydrogen-bond acceptors (Lipinski definition) is 5. The highest BCUT2D eigenvalue weighted by Gasteiger charge is 2.28. The zero-order valence-corrected chi connectivity index (χ0v) is 14.8. The quantitative estimate of drug-likeness (QED) is 0.825. The van der Waals surface area contributed by atoms with Gasteiger partial charge in [0.1, 0.15) is 0 Å². The van der Waals surface area contributed by atoms with Crippen molar-refractivity contribution in [2.24, 2.45) is 0 Å². The minimum atomic E-state index is 0.316. The molecule has 0 bridgehead atoms. The Hall–Kier alpha value is -0.980. The van der Waals surface area contributed by atoms with Gasteiger partial charge in [0.25, 0.3) is 0 Å². The number of carbonyl (C=O) groups is 1. The van der Waals surface area contributed by atoms with Crippen molar-refractivity contribution in [2.75, 3.05) is 39.4 Å². The maximum atomic E-state index is 12.7. The van der Waals surface area contributed by atoms with Gasteiger partial charge in [-0.25, -0.2) is 4.98 Å². The van der Waals surface area contributed by atoms with Crippen molar-refractivity contribution in [1.82, 2.24) is 14.8 Å². The first-order chi connectivity index (χ1) is 11.2. The third kappa shape index (κ3) is 4.52. The van der Waals surface area contributed by atoms with E-state index in [1.54, 1.807) is 11.3 Å². The van der Waals surface area contributed by atoms with Crippen LogP contribution in [0.15, 0.2) is 5.51 Å². The van der Waals surface area contributed by atoms with E-state index < -0.39 is 0 Å². The van der Waals surface area contributed by atoms with Gasteiger partial charge in [-0.2, -0.15) is 0 Å². The summed E-state index contributed by atoms with van der Waals surface area (Å²) in [6.45, 7) is 7.61. The van der Waals surface area contributed by atoms with Crippen LogP contribution < -0.4 is 0 Å². The fourth-order valence-electron chi connectivity index (χ4n) is 3.53. The van der Waals surface area contributed by atoms with Crippen LogP contribution in [0.3, 0.4) is 0 Å². The number of ether oxygens (including phenoxy) is 1. The zero-order chi connectivity index (χ0) is 16.1. The average Bonchev–Trinajstić information content (AvgIpc) is 2.99. The molecule has 0 spiro atoms. The molecule has 5 nitrogen and oxygen atoms in total. The smallest absolute Gasteiger partial charge is 0.223 e. The van der Waals surface area contributed by atoms with E-state index >= 15 is 0 Å². The number of amides is 1. The van der Waals surface area contributed by atoms with Crippen molar-refractivity contribution in [1.29, 1.82) is 0 Å². The standard InChI is InChI=1S/C17H27N3O2S/c1-14-16(23-13-18-14)5-6-17(21)20-7-3-2-4-15(20)12-19-8-10-22-11-9-19/h13,15H,2-12H2,1H3/t15-/m1/s1. The van der Waals surface area contributed by atoms with E-state index in [9.17, 15) is 4.79 Å². The monoisotopic (exact) mass is 337 g/mol. The van der Waals surface area contributed by atoms with Crippen LogP contribution in [0.1, 0.15) is 36.3 Å². The molecule has 1 atom stereocenters. The van der Waals surface area contributed by atoms with E-state index in [-0.39, 0.29) is 0 Å². The summed E-state index contributed by atoms with van der Waals surface area (Å²) in [4.78, 5) is 22.8. The van der Waals surface area contributed by atoms with Gasteiger partial charge >= 0.3 is 0 Å². The maximum Gasteiger partial charge on any atom is 0.223 e. The summed E-state index contributed by atoms with van der Waals surface area (Å²) in [6, 6.07) is 0.386. The van der Waals surface area contributed by atoms with Crippen molar-refractivity contribution in [3.63, 3.8) is 0 Å². The second-order valence-electron chi connectivity index (χ2n) is 6.51. The Labute approximate surface area is 142 Å². The van der Waals surface area contributed by atoms with Crippen LogP contribution in [0.25, 0.3) is 0 Å². The highest BCUT2D eigenvalue weighted by molar-refractivity contribution is 7.09. The molecule has 3 heterocycles. The maximum absolute atomic E-state index is 12.7. The lowest BCUT2D eigenvalue weighted by Gasteiger charge is -2.39. The van der Waals surface area contributed by atoms with Gasteiger partial charge in [0.2, 0.25) is 5.91 Å². The first-order valence-electron chi connectivity index (χ1n) is 8.72. The molecule has 23 heavy (non-hydrogen) atoms. The Balaban J connectivity index is 1.54. The average molecular weight is 337 g/mol. The lowest BCUT2D eigenvalue weighted by molar-refractivity contribution is -0.135. The lowest BCUT2D eigenvalue weighted by Crippen LogP contribution is -2.51. The van der Waals surface area contributed by atoms with Crippen molar-refractivity contribution < 1.29 is 9.53 Å². The van der Waals surface area contributed by atoms with E-state index in [1.807, 2.05) is 12.4 Å². The lowest BCUT2D eigenvalue weighted by atomic mass is 10.0. The molecule has 3 rings (SSSR count). The Morgan fingerprint density at radius 3 is 2.91 bits per heavy atom. The molecule has 2 aliphatic heterocycles. The van der Waals surface area contributed by atoms with Crippen LogP contribution >= 0.6 is 11.3 Å². The molecule has 128 valence electrons. The number of morpholine rings is 1. The van der Waals surface area contributed by atoms with Crippen LogP contribution in [-0.2, 0) is 16.0 Å². The Bertz CT molecular complexity index is 514. The molecule has 6 heteroatoms. The second kappa shape index (κ2) is 8.22. The predicted octanol–water partition coefficient (Wildman–Crippen LogP) is 2.10. The van der Waals surface area contributed by atoms with Gasteiger partial charge in [0.05, 0.1) is 24.4 Å². The van der Waals surface area contributed by atoms with Crippen LogP contribution in [0.2, 0.25) is 0 Å². The molecule has 0 saturated carbocycles. The van der Waals surface area contributed by atoms with Crippen LogP contribution in [0, 0.1) is 6.92 Å². The number of rotatable bonds is 5. The molecule has 2 aliphatic rings. The highest BCUT2D eigenvalue weighted by Crippen LogP contribution is 2.21. The Kier molecular flexibility index (Phi) is 6.02. The number of likely N-dealkylation sites (tertiary alicyclic amines) is 1. The summed E-state index contributed by atoms with van der Waals surface area (Å²) < 4.78 is 5.43. The molecule has 2 fully saturated rings. The van der Waals surface area contributed by atoms with Crippen LogP contribution in [-0.4, -0.2) is 66.1 Å². The predicted molar refractivity (Wildman–Crippen MR) is 91.8 cm³/mol. The van der Waals surface area contributed by atoms with Crippen molar-refractivity contribution in [3.05, 3.63) is 16.1 Å². The summed E-state index contributed by atoms with van der Waals surface area (Å²) in [5, 5.41) is 0. The van der Waals surface area contributed by atoms with Gasteiger partial charge in [-0.1, -0.05) is 0 Å². The number of thiazole rings is 1. The molecule has 1 aromatic rings. The van der Waals surface area contributed by atoms with E-state index in [4.69, 9.17) is 4.74 Å². The molecule has 0 radical (unpaired) electrons. The topological polar surface area (TPSA) is 45.7 Å². The number of aryl methyl sites for hydroxylation is 2. The number of piperidine rings is 1. The molecule has 0 unspecified atom stereocenters. The molecule has 0 aliphatic carbocycles. The minimum Gasteiger partial charge on any atom is -0.379 e. The summed E-state index contributed by atoms with van der Waals surface area (Å²) in [7, 11) is 0. The highest BCUT2D eigenvalue weighted by atomic mass is 32.1. The number of aromatic nitrogens is 1. The summed E-state index contributed by atoms with van der Waals surface area (Å²) in [6.07, 6.45) is 4.97. The van der Waals surface area contributed by atoms with Crippen LogP contribution in [0.5, 0.6) is 0 Å². The fourth-order valence-corrected chi connectivity index (χ4v) is 4.31. The molecule has 1 amide bonds. The molecular formula is C17H27N3O2S. The van der Waals surface area contributed by atoms with Crippen LogP contribution in [0.4, 0.5) is 0 Å². The molecular weight excluding hydrogens is 310 g/mol. The van der Waals surface area contributed by atoms with Gasteiger partial charge < -0.3 is 9.64 Å². The van der Waals surface area contributed by atoms with Crippen molar-refractivity contribution in [3.8, 4) is 0 Å². The largest absolute Gasteiger partial charge is 0.379 e. The number of nitrogens with zero attached hydrogens (tertiary/aromatic N) is 3. The van der Waals surface area contributed by atoms with E-state index in [0.717, 1.165) is 64.3 Å². The van der Waals surface area contributed by atoms with Gasteiger partial charge in [-0.3, -0.25) is 9.69 Å². The normalized spacial score (nSPS) is 23.2. The fraction of sp³-hybridized carbons (Fsp3) is 0.765. The third-order valence-corrected chi connectivity index (χ3v) is 5.93. The minimum absolute atomic E-state index is 0.316. The Morgan fingerprint density at radius 1 is 1.35 bits per heavy atom.